The molecule has 0 saturated heterocycles. The summed E-state index contributed by atoms with van der Waals surface area (Å²) in [6.45, 7) is 6.37. The van der Waals surface area contributed by atoms with Crippen LogP contribution in [0.2, 0.25) is 0 Å². The van der Waals surface area contributed by atoms with Crippen molar-refractivity contribution < 1.29 is 9.53 Å². The second kappa shape index (κ2) is 5.36. The van der Waals surface area contributed by atoms with Gasteiger partial charge in [-0.15, -0.1) is 0 Å². The summed E-state index contributed by atoms with van der Waals surface area (Å²) in [5, 5.41) is 10.0. The maximum Gasteiger partial charge on any atom is 0.411 e. The first-order chi connectivity index (χ1) is 9.40. The Morgan fingerprint density at radius 1 is 1.30 bits per heavy atom. The second-order valence-electron chi connectivity index (χ2n) is 5.61. The smallest absolute Gasteiger partial charge is 0.411 e. The molecule has 0 aliphatic rings. The molecule has 0 fully saturated rings. The van der Waals surface area contributed by atoms with Gasteiger partial charge in [0.25, 0.3) is 0 Å². The Kier molecular flexibility index (Phi) is 3.79. The molecule has 0 spiro atoms. The maximum absolute atomic E-state index is 11.2. The number of carbonyl (C=O) groups excluding carboxylic acids is 1. The van der Waals surface area contributed by atoms with Gasteiger partial charge in [-0.2, -0.15) is 5.10 Å². The van der Waals surface area contributed by atoms with Crippen molar-refractivity contribution in [3.8, 4) is 11.3 Å². The molecule has 1 heterocycles. The molecule has 0 bridgehead atoms. The summed E-state index contributed by atoms with van der Waals surface area (Å²) in [7, 11) is 1.34. The third-order valence-electron chi connectivity index (χ3n) is 2.98. The number of carbonyl (C=O) groups is 1. The molecular formula is C15H19N3O2. The van der Waals surface area contributed by atoms with Crippen LogP contribution in [-0.2, 0) is 10.2 Å². The largest absolute Gasteiger partial charge is 0.453 e. The molecule has 0 atom stereocenters. The minimum atomic E-state index is -0.487. The Labute approximate surface area is 118 Å². The predicted octanol–water partition coefficient (Wildman–Crippen LogP) is 3.55. The molecule has 5 nitrogen and oxygen atoms in total. The van der Waals surface area contributed by atoms with Gasteiger partial charge in [-0.25, -0.2) is 4.79 Å². The van der Waals surface area contributed by atoms with E-state index in [0.29, 0.717) is 5.69 Å². The lowest BCUT2D eigenvalue weighted by atomic mass is 9.92. The van der Waals surface area contributed by atoms with E-state index in [1.165, 1.54) is 7.11 Å². The van der Waals surface area contributed by atoms with Gasteiger partial charge in [0.05, 0.1) is 12.8 Å². The van der Waals surface area contributed by atoms with Crippen LogP contribution in [0.4, 0.5) is 10.5 Å². The standard InChI is InChI=1S/C15H19N3O2/c1-15(2,3)13-9-12(17-18-13)10-6-5-7-11(8-10)16-14(19)20-4/h5-9H,1-4H3,(H,16,19)(H,17,18). The summed E-state index contributed by atoms with van der Waals surface area (Å²) in [6.07, 6.45) is -0.487. The molecular weight excluding hydrogens is 254 g/mol. The van der Waals surface area contributed by atoms with Gasteiger partial charge in [0.15, 0.2) is 0 Å². The number of benzene rings is 1. The second-order valence-corrected chi connectivity index (χ2v) is 5.61. The van der Waals surface area contributed by atoms with Gasteiger partial charge in [-0.05, 0) is 18.2 Å². The van der Waals surface area contributed by atoms with Crippen LogP contribution in [0.3, 0.4) is 0 Å². The van der Waals surface area contributed by atoms with Crippen molar-refractivity contribution in [2.24, 2.45) is 0 Å². The third-order valence-corrected chi connectivity index (χ3v) is 2.98. The number of methoxy groups -OCH3 is 1. The number of aromatic amines is 1. The monoisotopic (exact) mass is 273 g/mol. The number of anilines is 1. The summed E-state index contributed by atoms with van der Waals surface area (Å²) < 4.78 is 4.58. The first-order valence-corrected chi connectivity index (χ1v) is 6.41. The van der Waals surface area contributed by atoms with E-state index < -0.39 is 6.09 Å². The van der Waals surface area contributed by atoms with Crippen molar-refractivity contribution in [2.75, 3.05) is 12.4 Å². The summed E-state index contributed by atoms with van der Waals surface area (Å²) >= 11 is 0. The highest BCUT2D eigenvalue weighted by Crippen LogP contribution is 2.26. The van der Waals surface area contributed by atoms with Gasteiger partial charge in [0.2, 0.25) is 0 Å². The number of ether oxygens (including phenoxy) is 1. The highest BCUT2D eigenvalue weighted by Gasteiger charge is 2.17. The molecule has 2 N–H and O–H groups in total. The summed E-state index contributed by atoms with van der Waals surface area (Å²) in [5.74, 6) is 0. The highest BCUT2D eigenvalue weighted by molar-refractivity contribution is 5.85. The maximum atomic E-state index is 11.2. The van der Waals surface area contributed by atoms with Gasteiger partial charge >= 0.3 is 6.09 Å². The van der Waals surface area contributed by atoms with Crippen LogP contribution in [0.25, 0.3) is 11.3 Å². The average Bonchev–Trinajstić information content (AvgIpc) is 2.88. The van der Waals surface area contributed by atoms with Crippen molar-refractivity contribution in [3.63, 3.8) is 0 Å². The molecule has 1 aromatic heterocycles. The first-order valence-electron chi connectivity index (χ1n) is 6.41. The van der Waals surface area contributed by atoms with Crippen molar-refractivity contribution in [1.82, 2.24) is 10.2 Å². The third kappa shape index (κ3) is 3.17. The van der Waals surface area contributed by atoms with Gasteiger partial charge in [0.1, 0.15) is 0 Å². The number of rotatable bonds is 2. The number of aromatic nitrogens is 2. The zero-order valence-corrected chi connectivity index (χ0v) is 12.2. The van der Waals surface area contributed by atoms with Crippen LogP contribution < -0.4 is 5.32 Å². The Bertz CT molecular complexity index is 612. The molecule has 0 radical (unpaired) electrons. The molecule has 1 aromatic carbocycles. The van der Waals surface area contributed by atoms with Crippen molar-refractivity contribution in [1.29, 1.82) is 0 Å². The molecule has 20 heavy (non-hydrogen) atoms. The Hall–Kier alpha value is -2.30. The Morgan fingerprint density at radius 2 is 2.05 bits per heavy atom. The van der Waals surface area contributed by atoms with Crippen LogP contribution in [0.15, 0.2) is 30.3 Å². The number of amides is 1. The molecule has 1 amide bonds. The zero-order valence-electron chi connectivity index (χ0n) is 12.2. The number of nitrogens with one attached hydrogen (secondary N) is 2. The van der Waals surface area contributed by atoms with E-state index in [9.17, 15) is 4.79 Å². The highest BCUT2D eigenvalue weighted by atomic mass is 16.5. The minimum Gasteiger partial charge on any atom is -0.453 e. The molecule has 0 saturated carbocycles. The van der Waals surface area contributed by atoms with E-state index in [-0.39, 0.29) is 5.41 Å². The predicted molar refractivity (Wildman–Crippen MR) is 78.8 cm³/mol. The SMILES string of the molecule is COC(=O)Nc1cccc(-c2cc(C(C)(C)C)[nH]n2)c1. The summed E-state index contributed by atoms with van der Waals surface area (Å²) in [4.78, 5) is 11.2. The molecule has 0 unspecified atom stereocenters. The number of H-pyrrole nitrogens is 1. The van der Waals surface area contributed by atoms with E-state index in [1.54, 1.807) is 6.07 Å². The van der Waals surface area contributed by atoms with Crippen molar-refractivity contribution in [3.05, 3.63) is 36.0 Å². The zero-order chi connectivity index (χ0) is 14.8. The fourth-order valence-electron chi connectivity index (χ4n) is 1.78. The molecule has 5 heteroatoms. The number of hydrogen-bond donors (Lipinski definition) is 2. The molecule has 2 aromatic rings. The minimum absolute atomic E-state index is 0.0210. The lowest BCUT2D eigenvalue weighted by molar-refractivity contribution is 0.187. The summed E-state index contributed by atoms with van der Waals surface area (Å²) in [6, 6.07) is 9.51. The Balaban J connectivity index is 2.27. The van der Waals surface area contributed by atoms with E-state index >= 15 is 0 Å². The van der Waals surface area contributed by atoms with Crippen molar-refractivity contribution in [2.45, 2.75) is 26.2 Å². The fraction of sp³-hybridized carbons (Fsp3) is 0.333. The van der Waals surface area contributed by atoms with Gasteiger partial charge < -0.3 is 4.74 Å². The fourth-order valence-corrected chi connectivity index (χ4v) is 1.78. The number of hydrogen-bond acceptors (Lipinski definition) is 3. The van der Waals surface area contributed by atoms with Gasteiger partial charge in [-0.3, -0.25) is 10.4 Å². The van der Waals surface area contributed by atoms with Gasteiger partial charge in [-0.1, -0.05) is 32.9 Å². The molecule has 0 aliphatic carbocycles. The molecule has 2 rings (SSSR count). The van der Waals surface area contributed by atoms with E-state index in [2.05, 4.69) is 41.0 Å². The molecule has 0 aliphatic heterocycles. The quantitative estimate of drug-likeness (QED) is 0.879. The van der Waals surface area contributed by atoms with E-state index in [1.807, 2.05) is 24.3 Å². The number of nitrogens with zero attached hydrogens (tertiary/aromatic N) is 1. The van der Waals surface area contributed by atoms with E-state index in [0.717, 1.165) is 17.0 Å². The first kappa shape index (κ1) is 14.1. The van der Waals surface area contributed by atoms with Gasteiger partial charge in [0, 0.05) is 22.4 Å². The summed E-state index contributed by atoms with van der Waals surface area (Å²) in [5.41, 5.74) is 3.55. The lowest BCUT2D eigenvalue weighted by Crippen LogP contribution is -2.11. The Morgan fingerprint density at radius 3 is 2.65 bits per heavy atom. The van der Waals surface area contributed by atoms with Crippen molar-refractivity contribution >= 4 is 11.8 Å². The average molecular weight is 273 g/mol. The molecule has 106 valence electrons. The lowest BCUT2D eigenvalue weighted by Gasteiger charge is -2.14. The van der Waals surface area contributed by atoms with Crippen LogP contribution in [0.5, 0.6) is 0 Å². The van der Waals surface area contributed by atoms with Crippen LogP contribution in [0.1, 0.15) is 26.5 Å². The normalized spacial score (nSPS) is 11.2. The topological polar surface area (TPSA) is 67.0 Å². The van der Waals surface area contributed by atoms with Crippen LogP contribution in [0, 0.1) is 0 Å². The van der Waals surface area contributed by atoms with Crippen LogP contribution >= 0.6 is 0 Å². The van der Waals surface area contributed by atoms with E-state index in [4.69, 9.17) is 0 Å². The van der Waals surface area contributed by atoms with Crippen LogP contribution in [-0.4, -0.2) is 23.4 Å².